The number of ketones is 2. The van der Waals surface area contributed by atoms with Crippen LogP contribution in [0.3, 0.4) is 0 Å². The average Bonchev–Trinajstić information content (AvgIpc) is 1.58. The van der Waals surface area contributed by atoms with Gasteiger partial charge in [0.15, 0.2) is 17.5 Å². The summed E-state index contributed by atoms with van der Waals surface area (Å²) >= 11 is 0.791. The lowest BCUT2D eigenvalue weighted by atomic mass is 9.89. The predicted octanol–water partition coefficient (Wildman–Crippen LogP) is -0.000330. The zero-order valence-electron chi connectivity index (χ0n) is 75.6. The maximum Gasteiger partial charge on any atom is 0.246 e. The minimum atomic E-state index is -1.80. The number of hydrogen-bond acceptors (Lipinski definition) is 21. The number of imidazole rings is 1. The molecule has 2 aliphatic heterocycles. The largest absolute Gasteiger partial charge is 0.394 e. The number of likely N-dealkylation sites (N-methyl/N-ethyl adjacent to an activating group) is 3. The number of aliphatic hydroxyl groups is 1. The number of carbonyl (C=O) groups is 17. The Morgan fingerprint density at radius 1 is 0.552 bits per heavy atom. The summed E-state index contributed by atoms with van der Waals surface area (Å²) < 4.78 is 0. The minimum absolute atomic E-state index is 0. The Morgan fingerprint density at radius 2 is 1.12 bits per heavy atom. The molecule has 15 amide bonds. The molecule has 0 radical (unpaired) electrons. The van der Waals surface area contributed by atoms with E-state index in [2.05, 4.69) is 73.1 Å². The standard InChI is InChI=1S/C92H122N22O18S.CH4/c1-52(2)35-70-89(130)111(5)47-62(116)38-58(37-59-43-99-65-29-16-14-27-63(59)65)82(123)109-73(48-115)86(127)105-68(39-60-44-100-66-30-17-15-28-64(60)66)76(117)40-57(26-18-25-55-21-10-8-11-22-55)88(129)112(6)53(3)80(121)104-67(31-19-33-98-92(95)96)84(125)110-74(83(124)101-46-78(94)119)49-133-50-79(120)103-71(36-56-23-12-9-13-24-56)90(131)113(7)54(4)81(122)107-72(42-77(93)118)91(132)114-34-20-32-75(114)87(128)106-69(85(126)108-70)41-61-45-97-51-102-61;/h8-17,21-24,27-30,43-45,51-54,57-58,67-75,99-100,115H,18-20,25-26,31-42,46-50H2,1-7H3,(H2,93,118)(H2,94,119)(H,97,102)(H,101,124)(H,103,120)(H,104,121)(H,105,127)(H,106,128)(H,107,122)(H,108,126)(H,109,123)(H,110,125)(H4,95,96,98);1H4/t53-,54-,57+,58+,67-,68-,69-,70-,71-,72-,73-,74-,75-;/m0./s1. The number of guanidine groups is 1. The van der Waals surface area contributed by atoms with E-state index in [-0.39, 0.29) is 90.6 Å². The molecular formula is C93H126N22O18S. The number of amides is 15. The van der Waals surface area contributed by atoms with Crippen LogP contribution in [0.5, 0.6) is 0 Å². The maximum absolute atomic E-state index is 15.5. The van der Waals surface area contributed by atoms with Gasteiger partial charge in [0.2, 0.25) is 88.6 Å². The molecule has 2 aliphatic rings. The summed E-state index contributed by atoms with van der Waals surface area (Å²) in [4.78, 5) is 265. The topological polar surface area (TPSA) is 606 Å². The number of fused-ring (bicyclic) bond motifs is 3. The first-order valence-corrected chi connectivity index (χ1v) is 45.4. The molecule has 2 fully saturated rings. The molecule has 5 heterocycles. The fourth-order valence-corrected chi connectivity index (χ4v) is 17.0. The normalized spacial score (nSPS) is 23.2. The third-order valence-corrected chi connectivity index (χ3v) is 24.6. The van der Waals surface area contributed by atoms with Crippen molar-refractivity contribution in [3.05, 3.63) is 162 Å². The van der Waals surface area contributed by atoms with E-state index in [0.717, 1.165) is 36.9 Å². The number of hydrogen-bond donors (Lipinski definition) is 18. The lowest BCUT2D eigenvalue weighted by Crippen LogP contribution is -2.60. The van der Waals surface area contributed by atoms with Crippen LogP contribution in [0.2, 0.25) is 0 Å². The first kappa shape index (κ1) is 105. The van der Waals surface area contributed by atoms with Crippen molar-refractivity contribution in [2.45, 2.75) is 198 Å². The second kappa shape index (κ2) is 51.2. The van der Waals surface area contributed by atoms with Crippen LogP contribution in [0.4, 0.5) is 0 Å². The van der Waals surface area contributed by atoms with Crippen molar-refractivity contribution in [1.82, 2.24) is 92.7 Å². The van der Waals surface area contributed by atoms with E-state index in [1.807, 2.05) is 30.3 Å². The number of H-pyrrole nitrogens is 3. The van der Waals surface area contributed by atoms with Gasteiger partial charge in [0.25, 0.3) is 0 Å². The smallest absolute Gasteiger partial charge is 0.246 e. The fourth-order valence-electron chi connectivity index (χ4n) is 16.1. The number of aliphatic hydroxyl groups excluding tert-OH is 1. The van der Waals surface area contributed by atoms with E-state index < -0.39 is 235 Å². The number of benzene rings is 4. The molecule has 3 aromatic heterocycles. The van der Waals surface area contributed by atoms with Crippen molar-refractivity contribution in [3.63, 3.8) is 0 Å². The molecule has 0 aliphatic carbocycles. The van der Waals surface area contributed by atoms with Gasteiger partial charge in [0.1, 0.15) is 60.4 Å². The molecule has 134 heavy (non-hydrogen) atoms. The van der Waals surface area contributed by atoms with Crippen LogP contribution < -0.4 is 70.4 Å². The molecule has 0 spiro atoms. The molecule has 0 bridgehead atoms. The van der Waals surface area contributed by atoms with E-state index in [1.165, 1.54) is 47.5 Å². The molecule has 9 rings (SSSR count). The Kier molecular flexibility index (Phi) is 40.3. The number of primary amides is 2. The van der Waals surface area contributed by atoms with Crippen LogP contribution >= 0.6 is 11.8 Å². The summed E-state index contributed by atoms with van der Waals surface area (Å²) in [5, 5.41) is 46.7. The number of para-hydroxylation sites is 2. The number of Topliss-reactive ketones (excluding diaryl/α,β-unsaturated/α-hetero) is 2. The predicted molar refractivity (Wildman–Crippen MR) is 500 cm³/mol. The molecule has 13 atom stereocenters. The summed E-state index contributed by atoms with van der Waals surface area (Å²) in [6.45, 7) is 3.78. The molecular weight excluding hydrogens is 1750 g/mol. The maximum atomic E-state index is 15.5. The van der Waals surface area contributed by atoms with Gasteiger partial charge in [-0.3, -0.25) is 86.9 Å². The van der Waals surface area contributed by atoms with Gasteiger partial charge in [-0.1, -0.05) is 118 Å². The molecule has 2 saturated heterocycles. The summed E-state index contributed by atoms with van der Waals surface area (Å²) in [5.74, 6) is -19.1. The number of aromatic nitrogens is 4. The summed E-state index contributed by atoms with van der Waals surface area (Å²) in [5.41, 5.74) is 21.0. The zero-order chi connectivity index (χ0) is 96.7. The lowest BCUT2D eigenvalue weighted by Gasteiger charge is -2.32. The molecule has 41 heteroatoms. The number of aryl methyl sites for hydroxylation is 1. The second-order valence-corrected chi connectivity index (χ2v) is 35.2. The number of nitrogens with two attached hydrogens (primary N) is 3. The van der Waals surface area contributed by atoms with E-state index in [0.29, 0.717) is 57.0 Å². The minimum Gasteiger partial charge on any atom is -0.394 e. The van der Waals surface area contributed by atoms with E-state index in [1.54, 1.807) is 105 Å². The Bertz CT molecular complexity index is 5290. The van der Waals surface area contributed by atoms with Gasteiger partial charge in [-0.05, 0) is 112 Å². The van der Waals surface area contributed by atoms with E-state index in [9.17, 15) is 67.4 Å². The van der Waals surface area contributed by atoms with Crippen molar-refractivity contribution in [2.75, 3.05) is 65.4 Å². The van der Waals surface area contributed by atoms with E-state index in [4.69, 9.17) is 22.6 Å². The Labute approximate surface area is 780 Å². The van der Waals surface area contributed by atoms with Crippen LogP contribution in [-0.4, -0.2) is 283 Å². The van der Waals surface area contributed by atoms with Gasteiger partial charge in [-0.2, -0.15) is 0 Å². The summed E-state index contributed by atoms with van der Waals surface area (Å²) in [7, 11) is 3.90. The zero-order valence-corrected chi connectivity index (χ0v) is 76.4. The Balaban J connectivity index is 0.0000221. The van der Waals surface area contributed by atoms with Crippen LogP contribution in [0.25, 0.3) is 21.8 Å². The SMILES string of the molecule is C.CC(C)C[C@@H]1NC(=O)[C@H](Cc2cnc[nH]2)NC(=O)[C@@H]2CCCN2C(=O)[C@H](CC(N)=O)NC(=O)[C@H](C)N(C)C(=O)[C@H](Cc2ccccc2)NC(=O)CSC[C@@H](C(=O)NCC(N)=O)NC(=O)[C@H](CCCNC(=N)N)NC(=O)[C@H](C)N(C)C(=O)[C@H](CCCc2ccccc2)CC(=O)[C@H](Cc2c[nH]c3ccccc23)NC(=O)[C@H](CO)NC(=O)[C@H](Cc2c[nH]c3ccccc23)CC(=O)CN(C)C1=O. The highest BCUT2D eigenvalue weighted by Gasteiger charge is 2.43. The van der Waals surface area contributed by atoms with Crippen LogP contribution in [-0.2, 0) is 114 Å². The highest BCUT2D eigenvalue weighted by Crippen LogP contribution is 2.28. The molecule has 4 aromatic carbocycles. The number of thioether (sulfide) groups is 1. The quantitative estimate of drug-likeness (QED) is 0.0215. The molecule has 21 N–H and O–H groups in total. The van der Waals surface area contributed by atoms with Crippen molar-refractivity contribution < 1.29 is 86.6 Å². The second-order valence-electron chi connectivity index (χ2n) is 34.1. The number of rotatable bonds is 24. The van der Waals surface area contributed by atoms with Gasteiger partial charge >= 0.3 is 0 Å². The van der Waals surface area contributed by atoms with Crippen LogP contribution in [0.15, 0.2) is 134 Å². The first-order chi connectivity index (χ1) is 63.5. The molecule has 0 saturated carbocycles. The molecule has 40 nitrogen and oxygen atoms in total. The Hall–Kier alpha value is -13.9. The number of nitrogens with zero attached hydrogens (tertiary/aromatic N) is 5. The van der Waals surface area contributed by atoms with Crippen molar-refractivity contribution >= 4 is 140 Å². The van der Waals surface area contributed by atoms with Gasteiger partial charge < -0.3 is 110 Å². The van der Waals surface area contributed by atoms with Crippen molar-refractivity contribution in [2.24, 2.45) is 35.0 Å². The monoisotopic (exact) mass is 1870 g/mol. The van der Waals surface area contributed by atoms with Gasteiger partial charge in [0, 0.05) is 130 Å². The number of carbonyl (C=O) groups excluding carboxylic acids is 17. The summed E-state index contributed by atoms with van der Waals surface area (Å²) in [6, 6.07) is 15.4. The van der Waals surface area contributed by atoms with Crippen LogP contribution in [0.1, 0.15) is 127 Å². The highest BCUT2D eigenvalue weighted by atomic mass is 32.2. The van der Waals surface area contributed by atoms with Gasteiger partial charge in [0.05, 0.1) is 44.2 Å². The fraction of sp³-hybridized carbons (Fsp3) is 0.473. The van der Waals surface area contributed by atoms with Crippen molar-refractivity contribution in [1.29, 1.82) is 5.41 Å². The summed E-state index contributed by atoms with van der Waals surface area (Å²) in [6.07, 6.45) is 4.23. The van der Waals surface area contributed by atoms with E-state index >= 15 is 19.2 Å². The third kappa shape index (κ3) is 30.9. The Morgan fingerprint density at radius 3 is 1.72 bits per heavy atom. The van der Waals surface area contributed by atoms with Crippen molar-refractivity contribution in [3.8, 4) is 0 Å². The van der Waals surface area contributed by atoms with Gasteiger partial charge in [-0.15, -0.1) is 11.8 Å². The molecule has 7 aromatic rings. The lowest BCUT2D eigenvalue weighted by molar-refractivity contribution is -0.145. The first-order valence-electron chi connectivity index (χ1n) is 44.3. The highest BCUT2D eigenvalue weighted by molar-refractivity contribution is 8.00. The number of aromatic amines is 3. The van der Waals surface area contributed by atoms with Gasteiger partial charge in [-0.25, -0.2) is 4.98 Å². The average molecular weight is 1870 g/mol. The third-order valence-electron chi connectivity index (χ3n) is 23.6. The van der Waals surface area contributed by atoms with Crippen LogP contribution in [0, 0.1) is 23.2 Å². The number of nitrogens with one attached hydrogen (secondary N) is 14. The molecule has 0 unspecified atom stereocenters. The molecule has 722 valence electrons.